The summed E-state index contributed by atoms with van der Waals surface area (Å²) in [6, 6.07) is 23.4. The second kappa shape index (κ2) is 7.26. The van der Waals surface area contributed by atoms with Gasteiger partial charge in [0.1, 0.15) is 5.82 Å². The van der Waals surface area contributed by atoms with Gasteiger partial charge in [-0.25, -0.2) is 13.4 Å². The van der Waals surface area contributed by atoms with Gasteiger partial charge in [-0.1, -0.05) is 65.7 Å². The molecule has 0 bridgehead atoms. The first kappa shape index (κ1) is 18.5. The van der Waals surface area contributed by atoms with E-state index in [2.05, 4.69) is 9.71 Å². The summed E-state index contributed by atoms with van der Waals surface area (Å²) in [5.74, 6) is 0.245. The van der Waals surface area contributed by atoms with Gasteiger partial charge in [0.15, 0.2) is 0 Å². The third-order valence-corrected chi connectivity index (χ3v) is 6.15. The Kier molecular flexibility index (Phi) is 4.79. The molecule has 0 aliphatic carbocycles. The van der Waals surface area contributed by atoms with E-state index < -0.39 is 10.0 Å². The Labute approximate surface area is 168 Å². The zero-order valence-electron chi connectivity index (χ0n) is 15.1. The normalized spacial score (nSPS) is 11.5. The molecular formula is C22H17ClN2O2S. The number of aryl methyl sites for hydroxylation is 1. The van der Waals surface area contributed by atoms with Crippen molar-refractivity contribution in [3.05, 3.63) is 89.4 Å². The van der Waals surface area contributed by atoms with Gasteiger partial charge < -0.3 is 0 Å². The minimum atomic E-state index is -3.75. The van der Waals surface area contributed by atoms with Gasteiger partial charge in [-0.3, -0.25) is 4.72 Å². The Balaban J connectivity index is 1.85. The van der Waals surface area contributed by atoms with Crippen LogP contribution in [-0.4, -0.2) is 13.4 Å². The number of nitrogens with zero attached hydrogens (tertiary/aromatic N) is 1. The summed E-state index contributed by atoms with van der Waals surface area (Å²) in [6.45, 7) is 1.91. The number of anilines is 1. The highest BCUT2D eigenvalue weighted by molar-refractivity contribution is 7.92. The third-order valence-electron chi connectivity index (χ3n) is 4.45. The number of hydrogen-bond acceptors (Lipinski definition) is 3. The molecule has 1 N–H and O–H groups in total. The summed E-state index contributed by atoms with van der Waals surface area (Å²) in [5, 5.41) is 1.49. The molecule has 3 aromatic carbocycles. The van der Waals surface area contributed by atoms with Gasteiger partial charge in [-0.2, -0.15) is 0 Å². The Morgan fingerprint density at radius 3 is 2.29 bits per heavy atom. The first-order valence-corrected chi connectivity index (χ1v) is 10.5. The molecule has 0 atom stereocenters. The molecule has 1 heterocycles. The molecule has 140 valence electrons. The summed E-state index contributed by atoms with van der Waals surface area (Å²) in [5.41, 5.74) is 3.31. The van der Waals surface area contributed by atoms with E-state index in [1.807, 2.05) is 55.5 Å². The molecule has 0 unspecified atom stereocenters. The monoisotopic (exact) mass is 408 g/mol. The molecule has 0 amide bonds. The van der Waals surface area contributed by atoms with Gasteiger partial charge in [0.2, 0.25) is 0 Å². The minimum absolute atomic E-state index is 0.187. The third kappa shape index (κ3) is 3.59. The highest BCUT2D eigenvalue weighted by Gasteiger charge is 2.17. The van der Waals surface area contributed by atoms with Gasteiger partial charge in [0, 0.05) is 16.0 Å². The van der Waals surface area contributed by atoms with E-state index in [0.717, 1.165) is 22.1 Å². The van der Waals surface area contributed by atoms with Crippen molar-refractivity contribution in [2.24, 2.45) is 0 Å². The van der Waals surface area contributed by atoms with Crippen molar-refractivity contribution in [2.45, 2.75) is 11.8 Å². The number of nitrogens with one attached hydrogen (secondary N) is 1. The first-order valence-electron chi connectivity index (χ1n) is 8.68. The van der Waals surface area contributed by atoms with Gasteiger partial charge in [-0.05, 0) is 42.8 Å². The fourth-order valence-electron chi connectivity index (χ4n) is 3.04. The smallest absolute Gasteiger partial charge is 0.263 e. The van der Waals surface area contributed by atoms with E-state index >= 15 is 0 Å². The molecular weight excluding hydrogens is 392 g/mol. The summed E-state index contributed by atoms with van der Waals surface area (Å²) in [4.78, 5) is 4.67. The van der Waals surface area contributed by atoms with E-state index in [1.54, 1.807) is 30.3 Å². The van der Waals surface area contributed by atoms with Crippen LogP contribution in [0.5, 0.6) is 0 Å². The largest absolute Gasteiger partial charge is 0.263 e. The number of fused-ring (bicyclic) bond motifs is 1. The Bertz CT molecular complexity index is 1270. The van der Waals surface area contributed by atoms with Crippen LogP contribution in [-0.2, 0) is 10.0 Å². The number of benzene rings is 3. The van der Waals surface area contributed by atoms with Gasteiger partial charge in [0.25, 0.3) is 10.0 Å². The highest BCUT2D eigenvalue weighted by atomic mass is 35.5. The van der Waals surface area contributed by atoms with Crippen molar-refractivity contribution in [1.82, 2.24) is 4.98 Å². The molecule has 0 radical (unpaired) electrons. The maximum atomic E-state index is 12.8. The fourth-order valence-corrected chi connectivity index (χ4v) is 4.27. The molecule has 4 nitrogen and oxygen atoms in total. The quantitative estimate of drug-likeness (QED) is 0.473. The van der Waals surface area contributed by atoms with Crippen molar-refractivity contribution in [1.29, 1.82) is 0 Å². The second-order valence-electron chi connectivity index (χ2n) is 6.47. The standard InChI is InChI=1S/C22H17ClN2O2S/c1-15-10-12-16(13-11-15)28(26,27)25-22-14-19(17-6-2-4-8-20(17)23)18-7-3-5-9-21(18)24-22/h2-14H,1H3,(H,24,25). The van der Waals surface area contributed by atoms with Crippen LogP contribution in [0.25, 0.3) is 22.0 Å². The summed E-state index contributed by atoms with van der Waals surface area (Å²) < 4.78 is 28.2. The number of sulfonamides is 1. The van der Waals surface area contributed by atoms with E-state index in [4.69, 9.17) is 11.6 Å². The summed E-state index contributed by atoms with van der Waals surface area (Å²) in [7, 11) is -3.75. The van der Waals surface area contributed by atoms with E-state index in [0.29, 0.717) is 10.5 Å². The molecule has 0 spiro atoms. The van der Waals surface area contributed by atoms with Gasteiger partial charge >= 0.3 is 0 Å². The lowest BCUT2D eigenvalue weighted by Gasteiger charge is -2.13. The van der Waals surface area contributed by atoms with E-state index in [1.165, 1.54) is 0 Å². The number of pyridine rings is 1. The lowest BCUT2D eigenvalue weighted by atomic mass is 10.0. The van der Waals surface area contributed by atoms with Gasteiger partial charge in [-0.15, -0.1) is 0 Å². The average Bonchev–Trinajstić information content (AvgIpc) is 2.68. The van der Waals surface area contributed by atoms with Crippen molar-refractivity contribution in [3.63, 3.8) is 0 Å². The number of rotatable bonds is 4. The van der Waals surface area contributed by atoms with Crippen LogP contribution in [0.4, 0.5) is 5.82 Å². The van der Waals surface area contributed by atoms with Gasteiger partial charge in [0.05, 0.1) is 10.4 Å². The predicted octanol–water partition coefficient (Wildman–Crippen LogP) is 5.66. The number of hydrogen-bond donors (Lipinski definition) is 1. The maximum absolute atomic E-state index is 12.8. The predicted molar refractivity (Wildman–Crippen MR) is 114 cm³/mol. The molecule has 0 saturated heterocycles. The van der Waals surface area contributed by atoms with Crippen molar-refractivity contribution < 1.29 is 8.42 Å². The Morgan fingerprint density at radius 1 is 0.857 bits per heavy atom. The minimum Gasteiger partial charge on any atom is -0.263 e. The number of para-hydroxylation sites is 1. The molecule has 6 heteroatoms. The topological polar surface area (TPSA) is 59.1 Å². The van der Waals surface area contributed by atoms with E-state index in [9.17, 15) is 8.42 Å². The van der Waals surface area contributed by atoms with Crippen LogP contribution < -0.4 is 4.72 Å². The van der Waals surface area contributed by atoms with Crippen LogP contribution >= 0.6 is 11.6 Å². The SMILES string of the molecule is Cc1ccc(S(=O)(=O)Nc2cc(-c3ccccc3Cl)c3ccccc3n2)cc1. The van der Waals surface area contributed by atoms with Crippen LogP contribution in [0.2, 0.25) is 5.02 Å². The summed E-state index contributed by atoms with van der Waals surface area (Å²) >= 11 is 6.40. The van der Waals surface area contributed by atoms with Crippen LogP contribution in [0.15, 0.2) is 83.8 Å². The zero-order valence-corrected chi connectivity index (χ0v) is 16.6. The Hall–Kier alpha value is -2.89. The van der Waals surface area contributed by atoms with E-state index in [-0.39, 0.29) is 10.7 Å². The lowest BCUT2D eigenvalue weighted by Crippen LogP contribution is -2.14. The highest BCUT2D eigenvalue weighted by Crippen LogP contribution is 2.34. The Morgan fingerprint density at radius 2 is 1.54 bits per heavy atom. The molecule has 0 aliphatic rings. The molecule has 4 aromatic rings. The number of halogens is 1. The first-order chi connectivity index (χ1) is 13.4. The molecule has 28 heavy (non-hydrogen) atoms. The molecule has 1 aromatic heterocycles. The van der Waals surface area contributed by atoms with Crippen molar-refractivity contribution >= 4 is 38.3 Å². The van der Waals surface area contributed by atoms with Crippen LogP contribution in [0.1, 0.15) is 5.56 Å². The number of aromatic nitrogens is 1. The lowest BCUT2D eigenvalue weighted by molar-refractivity contribution is 0.601. The molecule has 0 fully saturated rings. The zero-order chi connectivity index (χ0) is 19.7. The molecule has 0 aliphatic heterocycles. The second-order valence-corrected chi connectivity index (χ2v) is 8.56. The van der Waals surface area contributed by atoms with Crippen LogP contribution in [0, 0.1) is 6.92 Å². The van der Waals surface area contributed by atoms with Crippen molar-refractivity contribution in [2.75, 3.05) is 4.72 Å². The van der Waals surface area contributed by atoms with Crippen LogP contribution in [0.3, 0.4) is 0 Å². The molecule has 4 rings (SSSR count). The molecule has 0 saturated carbocycles. The average molecular weight is 409 g/mol. The van der Waals surface area contributed by atoms with Crippen molar-refractivity contribution in [3.8, 4) is 11.1 Å². The summed E-state index contributed by atoms with van der Waals surface area (Å²) in [6.07, 6.45) is 0. The maximum Gasteiger partial charge on any atom is 0.263 e. The fraction of sp³-hybridized carbons (Fsp3) is 0.0455.